The summed E-state index contributed by atoms with van der Waals surface area (Å²) in [6, 6.07) is 12.5. The number of carbonyl (C=O) groups excluding carboxylic acids is 1. The van der Waals surface area contributed by atoms with Gasteiger partial charge in [-0.15, -0.1) is 0 Å². The quantitative estimate of drug-likeness (QED) is 0.818. The molecule has 1 aromatic carbocycles. The van der Waals surface area contributed by atoms with Crippen LogP contribution >= 0.6 is 0 Å². The van der Waals surface area contributed by atoms with Gasteiger partial charge in [-0.1, -0.05) is 35.5 Å². The van der Waals surface area contributed by atoms with Crippen LogP contribution in [-0.2, 0) is 4.74 Å². The second kappa shape index (κ2) is 7.68. The third-order valence-electron chi connectivity index (χ3n) is 6.50. The molecule has 0 unspecified atom stereocenters. The molecule has 2 bridgehead atoms. The van der Waals surface area contributed by atoms with Gasteiger partial charge in [0.1, 0.15) is 5.69 Å². The van der Waals surface area contributed by atoms with E-state index in [0.717, 1.165) is 57.7 Å². The summed E-state index contributed by atoms with van der Waals surface area (Å²) in [6.45, 7) is 4.60. The van der Waals surface area contributed by atoms with Gasteiger partial charge in [0.25, 0.3) is 5.91 Å². The van der Waals surface area contributed by atoms with Gasteiger partial charge >= 0.3 is 0 Å². The number of nitrogens with zero attached hydrogens (tertiary/aromatic N) is 3. The van der Waals surface area contributed by atoms with Crippen molar-refractivity contribution in [3.05, 3.63) is 42.2 Å². The van der Waals surface area contributed by atoms with E-state index in [-0.39, 0.29) is 11.9 Å². The van der Waals surface area contributed by atoms with Crippen molar-refractivity contribution in [3.63, 3.8) is 0 Å². The van der Waals surface area contributed by atoms with E-state index >= 15 is 0 Å². The Hall–Kier alpha value is -2.18. The van der Waals surface area contributed by atoms with Gasteiger partial charge in [-0.2, -0.15) is 0 Å². The highest BCUT2D eigenvalue weighted by atomic mass is 16.5. The van der Waals surface area contributed by atoms with Crippen LogP contribution in [0.5, 0.6) is 0 Å². The average Bonchev–Trinajstić information content (AvgIpc) is 3.07. The van der Waals surface area contributed by atoms with Gasteiger partial charge in [0.15, 0.2) is 0 Å². The minimum Gasteiger partial charge on any atom is -0.381 e. The Kier molecular flexibility index (Phi) is 4.91. The van der Waals surface area contributed by atoms with Gasteiger partial charge in [0.2, 0.25) is 5.76 Å². The molecule has 2 atom stereocenters. The van der Waals surface area contributed by atoms with Crippen molar-refractivity contribution in [1.29, 1.82) is 0 Å². The zero-order valence-electron chi connectivity index (χ0n) is 16.1. The van der Waals surface area contributed by atoms with Gasteiger partial charge in [-0.3, -0.25) is 9.69 Å². The second-order valence-electron chi connectivity index (χ2n) is 8.29. The van der Waals surface area contributed by atoms with E-state index in [1.54, 1.807) is 6.07 Å². The molecular weight excluding hydrogens is 354 g/mol. The van der Waals surface area contributed by atoms with Crippen LogP contribution in [0.25, 0.3) is 11.3 Å². The fourth-order valence-corrected chi connectivity index (χ4v) is 4.98. The smallest absolute Gasteiger partial charge is 0.292 e. The Morgan fingerprint density at radius 3 is 2.61 bits per heavy atom. The molecular formula is C22H27N3O3. The third kappa shape index (κ3) is 3.47. The number of fused-ring (bicyclic) bond motifs is 4. The number of benzene rings is 1. The molecule has 4 saturated heterocycles. The van der Waals surface area contributed by atoms with Gasteiger partial charge in [-0.25, -0.2) is 0 Å². The maximum atomic E-state index is 13.2. The molecule has 6 heteroatoms. The fraction of sp³-hybridized carbons (Fsp3) is 0.545. The average molecular weight is 381 g/mol. The van der Waals surface area contributed by atoms with Crippen LogP contribution in [0, 0.1) is 5.92 Å². The van der Waals surface area contributed by atoms with E-state index in [0.29, 0.717) is 23.4 Å². The number of carbonyl (C=O) groups is 1. The summed E-state index contributed by atoms with van der Waals surface area (Å²) < 4.78 is 11.0. The Morgan fingerprint density at radius 1 is 0.964 bits per heavy atom. The third-order valence-corrected chi connectivity index (χ3v) is 6.50. The van der Waals surface area contributed by atoms with Crippen LogP contribution in [0.3, 0.4) is 0 Å². The van der Waals surface area contributed by atoms with Crippen molar-refractivity contribution >= 4 is 5.91 Å². The number of piperidine rings is 1. The Labute approximate surface area is 165 Å². The van der Waals surface area contributed by atoms with E-state index in [9.17, 15) is 4.79 Å². The van der Waals surface area contributed by atoms with Gasteiger partial charge in [0, 0.05) is 56.6 Å². The number of rotatable bonds is 3. The lowest BCUT2D eigenvalue weighted by Crippen LogP contribution is -2.48. The van der Waals surface area contributed by atoms with E-state index in [1.807, 2.05) is 35.2 Å². The first-order valence-electron chi connectivity index (χ1n) is 10.4. The first-order chi connectivity index (χ1) is 13.8. The van der Waals surface area contributed by atoms with Crippen LogP contribution in [0.4, 0.5) is 0 Å². The molecule has 2 aromatic rings. The lowest BCUT2D eigenvalue weighted by Gasteiger charge is -2.36. The summed E-state index contributed by atoms with van der Waals surface area (Å²) in [5.74, 6) is 0.879. The lowest BCUT2D eigenvalue weighted by molar-refractivity contribution is 0.0301. The molecule has 6 rings (SSSR count). The number of hydrogen-bond donors (Lipinski definition) is 0. The normalized spacial score (nSPS) is 26.4. The van der Waals surface area contributed by atoms with Crippen molar-refractivity contribution in [2.75, 3.05) is 32.8 Å². The lowest BCUT2D eigenvalue weighted by atomic mass is 9.94. The first-order valence-corrected chi connectivity index (χ1v) is 10.4. The molecule has 6 nitrogen and oxygen atoms in total. The van der Waals surface area contributed by atoms with Gasteiger partial charge in [0.05, 0.1) is 0 Å². The molecule has 0 aliphatic carbocycles. The number of ether oxygens (including phenoxy) is 1. The van der Waals surface area contributed by atoms with Crippen molar-refractivity contribution in [1.82, 2.24) is 15.0 Å². The van der Waals surface area contributed by atoms with Crippen LogP contribution in [0.1, 0.15) is 36.2 Å². The summed E-state index contributed by atoms with van der Waals surface area (Å²) in [7, 11) is 0. The number of amides is 1. The Bertz CT molecular complexity index is 815. The largest absolute Gasteiger partial charge is 0.381 e. The van der Waals surface area contributed by atoms with Crippen LogP contribution in [0.15, 0.2) is 40.9 Å². The van der Waals surface area contributed by atoms with Crippen LogP contribution in [0.2, 0.25) is 0 Å². The van der Waals surface area contributed by atoms with Crippen molar-refractivity contribution in [2.24, 2.45) is 5.92 Å². The van der Waals surface area contributed by atoms with Gasteiger partial charge < -0.3 is 14.2 Å². The molecule has 4 aliphatic heterocycles. The monoisotopic (exact) mass is 381 g/mol. The predicted molar refractivity (Wildman–Crippen MR) is 105 cm³/mol. The molecule has 4 fully saturated rings. The predicted octanol–water partition coefficient (Wildman–Crippen LogP) is 3.06. The zero-order valence-corrected chi connectivity index (χ0v) is 16.1. The molecule has 0 spiro atoms. The van der Waals surface area contributed by atoms with Crippen LogP contribution < -0.4 is 0 Å². The second-order valence-corrected chi connectivity index (χ2v) is 8.29. The summed E-state index contributed by atoms with van der Waals surface area (Å²) in [5, 5.41) is 4.13. The molecule has 0 radical (unpaired) electrons. The highest BCUT2D eigenvalue weighted by molar-refractivity contribution is 5.92. The summed E-state index contributed by atoms with van der Waals surface area (Å²) in [6.07, 6.45) is 4.50. The summed E-state index contributed by atoms with van der Waals surface area (Å²) in [5.41, 5.74) is 1.68. The fourth-order valence-electron chi connectivity index (χ4n) is 4.98. The van der Waals surface area contributed by atoms with E-state index < -0.39 is 0 Å². The number of aromatic nitrogens is 1. The van der Waals surface area contributed by atoms with Crippen LogP contribution in [-0.4, -0.2) is 65.8 Å². The highest BCUT2D eigenvalue weighted by Gasteiger charge is 2.40. The van der Waals surface area contributed by atoms with E-state index in [1.165, 1.54) is 6.42 Å². The molecule has 5 heterocycles. The number of hydrogen-bond acceptors (Lipinski definition) is 5. The molecule has 0 saturated carbocycles. The minimum absolute atomic E-state index is 0.0155. The van der Waals surface area contributed by atoms with Crippen molar-refractivity contribution in [3.8, 4) is 11.3 Å². The topological polar surface area (TPSA) is 58.8 Å². The molecule has 4 aliphatic rings. The van der Waals surface area contributed by atoms with Crippen molar-refractivity contribution in [2.45, 2.75) is 37.8 Å². The highest BCUT2D eigenvalue weighted by Crippen LogP contribution is 2.32. The summed E-state index contributed by atoms with van der Waals surface area (Å²) >= 11 is 0. The molecule has 148 valence electrons. The molecule has 28 heavy (non-hydrogen) atoms. The van der Waals surface area contributed by atoms with Gasteiger partial charge in [-0.05, 0) is 31.6 Å². The minimum atomic E-state index is -0.0155. The molecule has 1 aromatic heterocycles. The zero-order chi connectivity index (χ0) is 18.9. The maximum Gasteiger partial charge on any atom is 0.292 e. The maximum absolute atomic E-state index is 13.2. The standard InChI is InChI=1S/C22H27N3O3/c26-22(21-12-20(23-28-21)17-4-2-1-3-5-17)25-14-16-6-7-19(25)15-24(13-16)18-8-10-27-11-9-18/h1-5,12,16,18-19H,6-11,13-15H2/t16-,19+/m0/s1. The van der Waals surface area contributed by atoms with E-state index in [2.05, 4.69) is 10.1 Å². The SMILES string of the molecule is O=C(c1cc(-c2ccccc2)no1)N1C[C@H]2CC[C@@H]1CN(C1CCOCC1)C2. The molecule has 1 amide bonds. The van der Waals surface area contributed by atoms with Crippen molar-refractivity contribution < 1.29 is 14.1 Å². The first kappa shape index (κ1) is 17.9. The molecule has 0 N–H and O–H groups in total. The Balaban J connectivity index is 1.32. The summed E-state index contributed by atoms with van der Waals surface area (Å²) in [4.78, 5) is 17.9. The Morgan fingerprint density at radius 2 is 1.79 bits per heavy atom. The van der Waals surface area contributed by atoms with E-state index in [4.69, 9.17) is 9.26 Å².